The Kier molecular flexibility index (Phi) is 6.81. The smallest absolute Gasteiger partial charge is 0.387 e. The fourth-order valence-electron chi connectivity index (χ4n) is 2.14. The molecule has 1 amide bonds. The lowest BCUT2D eigenvalue weighted by molar-refractivity contribution is -0.384. The predicted molar refractivity (Wildman–Crippen MR) is 93.6 cm³/mol. The van der Waals surface area contributed by atoms with E-state index in [1.807, 2.05) is 0 Å². The summed E-state index contributed by atoms with van der Waals surface area (Å²) >= 11 is 0. The Morgan fingerprint density at radius 3 is 2.52 bits per heavy atom. The zero-order chi connectivity index (χ0) is 19.8. The summed E-state index contributed by atoms with van der Waals surface area (Å²) in [6.45, 7) is -2.77. The molecule has 9 heteroatoms. The minimum atomic E-state index is -2.97. The fourth-order valence-corrected chi connectivity index (χ4v) is 2.14. The van der Waals surface area contributed by atoms with E-state index < -0.39 is 11.5 Å². The molecule has 1 N–H and O–H groups in total. The van der Waals surface area contributed by atoms with Crippen LogP contribution in [-0.4, -0.2) is 24.6 Å². The molecular formula is C18H16F2N2O5. The third-order valence-electron chi connectivity index (χ3n) is 3.44. The zero-order valence-electron chi connectivity index (χ0n) is 14.2. The number of amides is 1. The summed E-state index contributed by atoms with van der Waals surface area (Å²) < 4.78 is 33.9. The first kappa shape index (κ1) is 19.8. The molecule has 0 saturated heterocycles. The van der Waals surface area contributed by atoms with E-state index >= 15 is 0 Å². The maximum atomic E-state index is 12.3. The van der Waals surface area contributed by atoms with Crippen LogP contribution in [-0.2, 0) is 11.3 Å². The molecule has 0 saturated carbocycles. The molecule has 0 spiro atoms. The van der Waals surface area contributed by atoms with Gasteiger partial charge >= 0.3 is 6.61 Å². The summed E-state index contributed by atoms with van der Waals surface area (Å²) in [5, 5.41) is 13.2. The zero-order valence-corrected chi connectivity index (χ0v) is 14.2. The summed E-state index contributed by atoms with van der Waals surface area (Å²) in [5.41, 5.74) is 1.23. The van der Waals surface area contributed by atoms with Crippen LogP contribution in [0.3, 0.4) is 0 Å². The SMILES string of the molecule is COc1cc(/C=C/C(=O)NCc2ccc([N+](=O)[O-])cc2)ccc1OC(F)F. The molecule has 0 aliphatic heterocycles. The Bertz CT molecular complexity index is 838. The highest BCUT2D eigenvalue weighted by molar-refractivity contribution is 5.91. The van der Waals surface area contributed by atoms with Crippen LogP contribution in [0, 0.1) is 10.1 Å². The van der Waals surface area contributed by atoms with E-state index in [1.165, 1.54) is 49.6 Å². The van der Waals surface area contributed by atoms with Crippen molar-refractivity contribution in [2.24, 2.45) is 0 Å². The van der Waals surface area contributed by atoms with Gasteiger partial charge in [-0.15, -0.1) is 0 Å². The molecule has 0 aliphatic carbocycles. The first-order valence-electron chi connectivity index (χ1n) is 7.71. The van der Waals surface area contributed by atoms with Crippen molar-refractivity contribution in [3.05, 3.63) is 69.8 Å². The van der Waals surface area contributed by atoms with Crippen molar-refractivity contribution in [1.29, 1.82) is 0 Å². The van der Waals surface area contributed by atoms with Crippen molar-refractivity contribution >= 4 is 17.7 Å². The average molecular weight is 378 g/mol. The molecule has 2 rings (SSSR count). The quantitative estimate of drug-likeness (QED) is 0.431. The van der Waals surface area contributed by atoms with E-state index in [0.717, 1.165) is 0 Å². The highest BCUT2D eigenvalue weighted by atomic mass is 19.3. The van der Waals surface area contributed by atoms with Gasteiger partial charge in [0.15, 0.2) is 11.5 Å². The standard InChI is InChI=1S/C18H16F2N2O5/c1-26-16-10-12(4-8-15(16)27-18(19)20)5-9-17(23)21-11-13-2-6-14(7-3-13)22(24)25/h2-10,18H,11H2,1H3,(H,21,23)/b9-5+. The van der Waals surface area contributed by atoms with E-state index in [1.54, 1.807) is 12.1 Å². The molecule has 27 heavy (non-hydrogen) atoms. The number of nitro groups is 1. The van der Waals surface area contributed by atoms with Gasteiger partial charge < -0.3 is 14.8 Å². The van der Waals surface area contributed by atoms with Crippen molar-refractivity contribution < 1.29 is 28.0 Å². The number of alkyl halides is 2. The van der Waals surface area contributed by atoms with Crippen molar-refractivity contribution in [3.63, 3.8) is 0 Å². The van der Waals surface area contributed by atoms with Gasteiger partial charge in [0.2, 0.25) is 5.91 Å². The molecule has 0 aliphatic rings. The van der Waals surface area contributed by atoms with Crippen LogP contribution in [0.15, 0.2) is 48.5 Å². The number of nitrogens with zero attached hydrogens (tertiary/aromatic N) is 1. The predicted octanol–water partition coefficient (Wildman–Crippen LogP) is 3.53. The van der Waals surface area contributed by atoms with Gasteiger partial charge in [-0.3, -0.25) is 14.9 Å². The van der Waals surface area contributed by atoms with Crippen LogP contribution < -0.4 is 14.8 Å². The maximum Gasteiger partial charge on any atom is 0.387 e. The molecule has 2 aromatic rings. The van der Waals surface area contributed by atoms with Gasteiger partial charge in [-0.2, -0.15) is 8.78 Å². The van der Waals surface area contributed by atoms with E-state index in [0.29, 0.717) is 11.1 Å². The largest absolute Gasteiger partial charge is 0.493 e. The number of hydrogen-bond acceptors (Lipinski definition) is 5. The molecule has 0 heterocycles. The van der Waals surface area contributed by atoms with Crippen LogP contribution in [0.25, 0.3) is 6.08 Å². The number of nitrogens with one attached hydrogen (secondary N) is 1. The summed E-state index contributed by atoms with van der Waals surface area (Å²) in [5.74, 6) is -0.378. The minimum absolute atomic E-state index is 0.0295. The van der Waals surface area contributed by atoms with Crippen molar-refractivity contribution in [3.8, 4) is 11.5 Å². The Labute approximate surface area is 153 Å². The summed E-state index contributed by atoms with van der Waals surface area (Å²) in [6.07, 6.45) is 2.76. The third kappa shape index (κ3) is 6.07. The van der Waals surface area contributed by atoms with E-state index in [2.05, 4.69) is 10.1 Å². The molecular weight excluding hydrogens is 362 g/mol. The number of hydrogen-bond donors (Lipinski definition) is 1. The van der Waals surface area contributed by atoms with Gasteiger partial charge in [0.05, 0.1) is 12.0 Å². The van der Waals surface area contributed by atoms with Gasteiger partial charge in [-0.1, -0.05) is 18.2 Å². The Morgan fingerprint density at radius 2 is 1.93 bits per heavy atom. The lowest BCUT2D eigenvalue weighted by Crippen LogP contribution is -2.20. The molecule has 7 nitrogen and oxygen atoms in total. The highest BCUT2D eigenvalue weighted by Crippen LogP contribution is 2.29. The number of benzene rings is 2. The number of non-ortho nitro benzene ring substituents is 1. The Balaban J connectivity index is 1.94. The van der Waals surface area contributed by atoms with E-state index in [-0.39, 0.29) is 29.6 Å². The van der Waals surface area contributed by atoms with Crippen molar-refractivity contribution in [2.75, 3.05) is 7.11 Å². The number of ether oxygens (including phenoxy) is 2. The lowest BCUT2D eigenvalue weighted by Gasteiger charge is -2.10. The Hall–Kier alpha value is -3.49. The molecule has 142 valence electrons. The fraction of sp³-hybridized carbons (Fsp3) is 0.167. The van der Waals surface area contributed by atoms with E-state index in [4.69, 9.17) is 4.74 Å². The van der Waals surface area contributed by atoms with Crippen LogP contribution in [0.2, 0.25) is 0 Å². The number of rotatable bonds is 8. The topological polar surface area (TPSA) is 90.7 Å². The van der Waals surface area contributed by atoms with Crippen LogP contribution in [0.1, 0.15) is 11.1 Å². The first-order chi connectivity index (χ1) is 12.9. The third-order valence-corrected chi connectivity index (χ3v) is 3.44. The highest BCUT2D eigenvalue weighted by Gasteiger charge is 2.10. The molecule has 0 unspecified atom stereocenters. The first-order valence-corrected chi connectivity index (χ1v) is 7.71. The lowest BCUT2D eigenvalue weighted by atomic mass is 10.2. The van der Waals surface area contributed by atoms with Gasteiger partial charge in [0.1, 0.15) is 0 Å². The summed E-state index contributed by atoms with van der Waals surface area (Å²) in [7, 11) is 1.32. The average Bonchev–Trinajstić information content (AvgIpc) is 2.65. The number of nitro benzene ring substituents is 1. The molecule has 0 radical (unpaired) electrons. The minimum Gasteiger partial charge on any atom is -0.493 e. The molecule has 0 fully saturated rings. The molecule has 2 aromatic carbocycles. The number of carbonyl (C=O) groups excluding carboxylic acids is 1. The van der Waals surface area contributed by atoms with Gasteiger partial charge in [-0.25, -0.2) is 0 Å². The number of halogens is 2. The maximum absolute atomic E-state index is 12.3. The number of carbonyl (C=O) groups is 1. The van der Waals surface area contributed by atoms with Gasteiger partial charge in [-0.05, 0) is 29.3 Å². The van der Waals surface area contributed by atoms with Crippen molar-refractivity contribution in [2.45, 2.75) is 13.2 Å². The van der Waals surface area contributed by atoms with Crippen LogP contribution >= 0.6 is 0 Å². The monoisotopic (exact) mass is 378 g/mol. The second kappa shape index (κ2) is 9.27. The van der Waals surface area contributed by atoms with Gasteiger partial charge in [0.25, 0.3) is 5.69 Å². The molecule has 0 atom stereocenters. The second-order valence-corrected chi connectivity index (χ2v) is 5.26. The van der Waals surface area contributed by atoms with E-state index in [9.17, 15) is 23.7 Å². The van der Waals surface area contributed by atoms with Crippen LogP contribution in [0.5, 0.6) is 11.5 Å². The molecule has 0 bridgehead atoms. The van der Waals surface area contributed by atoms with Crippen molar-refractivity contribution in [1.82, 2.24) is 5.32 Å². The summed E-state index contributed by atoms with van der Waals surface area (Å²) in [4.78, 5) is 22.0. The second-order valence-electron chi connectivity index (χ2n) is 5.26. The molecule has 0 aromatic heterocycles. The van der Waals surface area contributed by atoms with Crippen LogP contribution in [0.4, 0.5) is 14.5 Å². The Morgan fingerprint density at radius 1 is 1.22 bits per heavy atom. The number of methoxy groups -OCH3 is 1. The summed E-state index contributed by atoms with van der Waals surface area (Å²) in [6, 6.07) is 10.1. The normalized spacial score (nSPS) is 10.8. The van der Waals surface area contributed by atoms with Gasteiger partial charge in [0, 0.05) is 24.8 Å².